The lowest BCUT2D eigenvalue weighted by atomic mass is 10.1. The standard InChI is InChI=1S/C21H30N4OS.HI/c1-4-22-21(23-15-17-7-8-19(26-3)16(2)14-17)24-18-9-11-25(12-10-18)20-6-5-13-27-20;/h5-8,13-14,18H,4,9-12,15H2,1-3H3,(H2,22,23,24);1H. The van der Waals surface area contributed by atoms with Crippen molar-refractivity contribution < 1.29 is 4.74 Å². The number of halogens is 1. The van der Waals surface area contributed by atoms with E-state index < -0.39 is 0 Å². The molecule has 2 heterocycles. The molecule has 0 atom stereocenters. The summed E-state index contributed by atoms with van der Waals surface area (Å²) in [5.74, 6) is 1.82. The van der Waals surface area contributed by atoms with Gasteiger partial charge in [-0.3, -0.25) is 0 Å². The lowest BCUT2D eigenvalue weighted by Crippen LogP contribution is -2.48. The molecule has 28 heavy (non-hydrogen) atoms. The number of ether oxygens (including phenoxy) is 1. The number of hydrogen-bond donors (Lipinski definition) is 2. The second-order valence-electron chi connectivity index (χ2n) is 6.86. The highest BCUT2D eigenvalue weighted by Gasteiger charge is 2.20. The Balaban J connectivity index is 0.00000280. The lowest BCUT2D eigenvalue weighted by molar-refractivity contribution is 0.411. The molecule has 5 nitrogen and oxygen atoms in total. The number of aryl methyl sites for hydroxylation is 1. The number of benzene rings is 1. The number of rotatable bonds is 6. The van der Waals surface area contributed by atoms with Gasteiger partial charge in [0.15, 0.2) is 5.96 Å². The first-order chi connectivity index (χ1) is 13.2. The third-order valence-electron chi connectivity index (χ3n) is 4.88. The Hall–Kier alpha value is -1.48. The highest BCUT2D eigenvalue weighted by atomic mass is 127. The van der Waals surface area contributed by atoms with Crippen LogP contribution in [0.25, 0.3) is 0 Å². The van der Waals surface area contributed by atoms with Crippen LogP contribution in [0, 0.1) is 6.92 Å². The average molecular weight is 514 g/mol. The summed E-state index contributed by atoms with van der Waals surface area (Å²) in [6.07, 6.45) is 2.26. The fourth-order valence-electron chi connectivity index (χ4n) is 3.42. The van der Waals surface area contributed by atoms with E-state index in [0.717, 1.165) is 49.7 Å². The van der Waals surface area contributed by atoms with E-state index in [1.54, 1.807) is 7.11 Å². The summed E-state index contributed by atoms with van der Waals surface area (Å²) in [5.41, 5.74) is 2.34. The van der Waals surface area contributed by atoms with E-state index in [4.69, 9.17) is 9.73 Å². The minimum absolute atomic E-state index is 0. The molecule has 1 aliphatic rings. The normalized spacial score (nSPS) is 15.1. The molecule has 2 aromatic rings. The maximum absolute atomic E-state index is 5.34. The van der Waals surface area contributed by atoms with Crippen molar-refractivity contribution >= 4 is 46.3 Å². The second-order valence-corrected chi connectivity index (χ2v) is 7.78. The third-order valence-corrected chi connectivity index (χ3v) is 5.81. The number of guanidine groups is 1. The maximum Gasteiger partial charge on any atom is 0.191 e. The quantitative estimate of drug-likeness (QED) is 0.341. The van der Waals surface area contributed by atoms with E-state index in [2.05, 4.69) is 59.0 Å². The Morgan fingerprint density at radius 2 is 2.07 bits per heavy atom. The number of nitrogens with one attached hydrogen (secondary N) is 2. The molecule has 0 aliphatic carbocycles. The molecular formula is C21H31IN4OS. The van der Waals surface area contributed by atoms with E-state index >= 15 is 0 Å². The molecule has 0 amide bonds. The Bertz CT molecular complexity index is 743. The molecule has 7 heteroatoms. The van der Waals surface area contributed by atoms with Crippen LogP contribution in [-0.2, 0) is 6.54 Å². The van der Waals surface area contributed by atoms with Gasteiger partial charge in [-0.15, -0.1) is 35.3 Å². The Morgan fingerprint density at radius 1 is 1.29 bits per heavy atom. The third kappa shape index (κ3) is 6.27. The first-order valence-corrected chi connectivity index (χ1v) is 10.5. The van der Waals surface area contributed by atoms with Crippen molar-refractivity contribution in [3.8, 4) is 5.75 Å². The van der Waals surface area contributed by atoms with E-state index in [-0.39, 0.29) is 24.0 Å². The first kappa shape index (κ1) is 22.8. The van der Waals surface area contributed by atoms with E-state index in [9.17, 15) is 0 Å². The molecular weight excluding hydrogens is 483 g/mol. The molecule has 1 aromatic heterocycles. The van der Waals surface area contributed by atoms with Gasteiger partial charge in [0.1, 0.15) is 5.75 Å². The van der Waals surface area contributed by atoms with Gasteiger partial charge in [-0.2, -0.15) is 0 Å². The smallest absolute Gasteiger partial charge is 0.191 e. The molecule has 1 aliphatic heterocycles. The molecule has 154 valence electrons. The van der Waals surface area contributed by atoms with Gasteiger partial charge in [-0.05, 0) is 61.4 Å². The van der Waals surface area contributed by atoms with Gasteiger partial charge in [0.2, 0.25) is 0 Å². The number of methoxy groups -OCH3 is 1. The maximum atomic E-state index is 5.34. The molecule has 0 saturated carbocycles. The van der Waals surface area contributed by atoms with Gasteiger partial charge in [-0.1, -0.05) is 12.1 Å². The summed E-state index contributed by atoms with van der Waals surface area (Å²) in [6.45, 7) is 7.88. The summed E-state index contributed by atoms with van der Waals surface area (Å²) in [4.78, 5) is 7.26. The number of hydrogen-bond acceptors (Lipinski definition) is 4. The number of aliphatic imine (C=N–C) groups is 1. The van der Waals surface area contributed by atoms with Crippen LogP contribution in [0.1, 0.15) is 30.9 Å². The summed E-state index contributed by atoms with van der Waals surface area (Å²) in [5, 5.41) is 10.5. The highest BCUT2D eigenvalue weighted by Crippen LogP contribution is 2.24. The highest BCUT2D eigenvalue weighted by molar-refractivity contribution is 14.0. The van der Waals surface area contributed by atoms with Crippen molar-refractivity contribution in [2.45, 2.75) is 39.3 Å². The zero-order valence-corrected chi connectivity index (χ0v) is 20.1. The van der Waals surface area contributed by atoms with Crippen LogP contribution in [0.3, 0.4) is 0 Å². The van der Waals surface area contributed by atoms with Crippen molar-refractivity contribution in [1.29, 1.82) is 0 Å². The molecule has 2 N–H and O–H groups in total. The second kappa shape index (κ2) is 11.5. The predicted molar refractivity (Wildman–Crippen MR) is 131 cm³/mol. The van der Waals surface area contributed by atoms with Gasteiger partial charge in [-0.25, -0.2) is 4.99 Å². The molecule has 0 spiro atoms. The zero-order valence-electron chi connectivity index (χ0n) is 16.9. The fourth-order valence-corrected chi connectivity index (χ4v) is 4.20. The molecule has 0 unspecified atom stereocenters. The summed E-state index contributed by atoms with van der Waals surface area (Å²) < 4.78 is 5.34. The monoisotopic (exact) mass is 514 g/mol. The minimum atomic E-state index is 0. The van der Waals surface area contributed by atoms with Crippen LogP contribution in [0.15, 0.2) is 40.7 Å². The van der Waals surface area contributed by atoms with Gasteiger partial charge >= 0.3 is 0 Å². The summed E-state index contributed by atoms with van der Waals surface area (Å²) >= 11 is 1.82. The van der Waals surface area contributed by atoms with Crippen LogP contribution in [0.5, 0.6) is 5.75 Å². The lowest BCUT2D eigenvalue weighted by Gasteiger charge is -2.33. The molecule has 1 saturated heterocycles. The number of piperidine rings is 1. The molecule has 0 radical (unpaired) electrons. The average Bonchev–Trinajstić information content (AvgIpc) is 3.22. The zero-order chi connectivity index (χ0) is 19.1. The Kier molecular flexibility index (Phi) is 9.37. The van der Waals surface area contributed by atoms with Crippen LogP contribution in [0.2, 0.25) is 0 Å². The first-order valence-electron chi connectivity index (χ1n) is 9.66. The molecule has 1 aromatic carbocycles. The van der Waals surface area contributed by atoms with E-state index in [1.165, 1.54) is 10.6 Å². The van der Waals surface area contributed by atoms with Crippen molar-refractivity contribution in [2.75, 3.05) is 31.6 Å². The number of nitrogens with zero attached hydrogens (tertiary/aromatic N) is 2. The van der Waals surface area contributed by atoms with Gasteiger partial charge in [0, 0.05) is 25.7 Å². The van der Waals surface area contributed by atoms with Gasteiger partial charge < -0.3 is 20.3 Å². The number of anilines is 1. The minimum Gasteiger partial charge on any atom is -0.496 e. The number of thiophene rings is 1. The SMILES string of the molecule is CCNC(=NCc1ccc(OC)c(C)c1)NC1CCN(c2cccs2)CC1.I. The van der Waals surface area contributed by atoms with E-state index in [1.807, 2.05) is 17.4 Å². The van der Waals surface area contributed by atoms with Crippen LogP contribution in [-0.4, -0.2) is 38.7 Å². The van der Waals surface area contributed by atoms with Crippen LogP contribution < -0.4 is 20.3 Å². The Labute approximate surface area is 189 Å². The molecule has 3 rings (SSSR count). The van der Waals surface area contributed by atoms with Crippen LogP contribution in [0.4, 0.5) is 5.00 Å². The van der Waals surface area contributed by atoms with Crippen molar-refractivity contribution in [3.63, 3.8) is 0 Å². The van der Waals surface area contributed by atoms with E-state index in [0.29, 0.717) is 12.6 Å². The van der Waals surface area contributed by atoms with Crippen molar-refractivity contribution in [1.82, 2.24) is 10.6 Å². The van der Waals surface area contributed by atoms with Gasteiger partial charge in [0.05, 0.1) is 18.7 Å². The fraction of sp³-hybridized carbons (Fsp3) is 0.476. The Morgan fingerprint density at radius 3 is 2.68 bits per heavy atom. The van der Waals surface area contributed by atoms with Gasteiger partial charge in [0.25, 0.3) is 0 Å². The van der Waals surface area contributed by atoms with Crippen molar-refractivity contribution in [2.24, 2.45) is 4.99 Å². The topological polar surface area (TPSA) is 48.9 Å². The molecule has 0 bridgehead atoms. The summed E-state index contributed by atoms with van der Waals surface area (Å²) in [6, 6.07) is 11.0. The largest absolute Gasteiger partial charge is 0.496 e. The van der Waals surface area contributed by atoms with Crippen molar-refractivity contribution in [3.05, 3.63) is 46.8 Å². The predicted octanol–water partition coefficient (Wildman–Crippen LogP) is 4.41. The molecule has 1 fully saturated rings. The summed E-state index contributed by atoms with van der Waals surface area (Å²) in [7, 11) is 1.71. The van der Waals surface area contributed by atoms with Crippen LogP contribution >= 0.6 is 35.3 Å².